The number of likely N-dealkylation sites (tertiary alicyclic amines) is 2. The maximum Gasteiger partial charge on any atom is 0.410 e. The van der Waals surface area contributed by atoms with Crippen molar-refractivity contribution in [3.8, 4) is 23.0 Å². The van der Waals surface area contributed by atoms with Gasteiger partial charge in [-0.05, 0) is 155 Å². The van der Waals surface area contributed by atoms with E-state index in [4.69, 9.17) is 55.9 Å². The number of nitrogen functional groups attached to an aromatic ring is 1. The second kappa shape index (κ2) is 35.2. The molecule has 0 radical (unpaired) electrons. The number of pyridine rings is 3. The Morgan fingerprint density at radius 2 is 0.870 bits per heavy atom. The smallest absolute Gasteiger partial charge is 0.410 e. The van der Waals surface area contributed by atoms with Crippen LogP contribution in [0, 0.1) is 0 Å². The zero-order valence-electron chi connectivity index (χ0n) is 63.0. The second-order valence-electron chi connectivity index (χ2n) is 30.9. The van der Waals surface area contributed by atoms with Gasteiger partial charge < -0.3 is 39.5 Å². The summed E-state index contributed by atoms with van der Waals surface area (Å²) >= 11 is 18.2. The van der Waals surface area contributed by atoms with Crippen LogP contribution in [0.3, 0.4) is 0 Å². The first-order valence-electron chi connectivity index (χ1n) is 34.3. The van der Waals surface area contributed by atoms with Crippen LogP contribution < -0.4 is 36.5 Å². The van der Waals surface area contributed by atoms with Gasteiger partial charge in [-0.2, -0.15) is 0 Å². The van der Waals surface area contributed by atoms with Crippen LogP contribution in [-0.2, 0) is 55.8 Å². The van der Waals surface area contributed by atoms with Crippen LogP contribution in [0.1, 0.15) is 162 Å². The topological polar surface area (TPSA) is 391 Å². The predicted octanol–water partition coefficient (Wildman–Crippen LogP) is 12.7. The summed E-state index contributed by atoms with van der Waals surface area (Å²) in [4.78, 5) is 52.0. The molecule has 8 heterocycles. The van der Waals surface area contributed by atoms with E-state index in [-0.39, 0.29) is 112 Å². The van der Waals surface area contributed by atoms with E-state index < -0.39 is 47.2 Å². The number of anilines is 3. The van der Waals surface area contributed by atoms with Crippen LogP contribution in [0.4, 0.5) is 26.7 Å². The summed E-state index contributed by atoms with van der Waals surface area (Å²) in [6.07, 6.45) is 9.14. The summed E-state index contributed by atoms with van der Waals surface area (Å²) < 4.78 is 100.0. The van der Waals surface area contributed by atoms with Crippen molar-refractivity contribution >= 4 is 112 Å². The molecule has 8 aromatic rings. The number of sulfonamides is 3. The van der Waals surface area contributed by atoms with Gasteiger partial charge in [0.1, 0.15) is 35.2 Å². The molecule has 0 bridgehead atoms. The van der Waals surface area contributed by atoms with E-state index in [9.17, 15) is 39.6 Å². The minimum absolute atomic E-state index is 0. The van der Waals surface area contributed by atoms with E-state index in [1.165, 1.54) is 48.9 Å². The molecule has 29 nitrogen and oxygen atoms in total. The molecule has 5 aromatic heterocycles. The van der Waals surface area contributed by atoms with Gasteiger partial charge in [-0.15, -0.1) is 32.8 Å². The van der Waals surface area contributed by atoms with Gasteiger partial charge in [-0.25, -0.2) is 55.6 Å². The molecule has 3 atom stereocenters. The molecule has 3 amide bonds. The minimum atomic E-state index is -3.95. The Kier molecular flexibility index (Phi) is 28.3. The first-order chi connectivity index (χ1) is 49.7. The van der Waals surface area contributed by atoms with Crippen LogP contribution in [0.5, 0.6) is 0 Å². The van der Waals surface area contributed by atoms with Gasteiger partial charge >= 0.3 is 12.2 Å². The Hall–Kier alpha value is -8.31. The van der Waals surface area contributed by atoms with Gasteiger partial charge in [0, 0.05) is 57.4 Å². The molecule has 0 aliphatic carbocycles. The Morgan fingerprint density at radius 1 is 0.509 bits per heavy atom. The normalized spacial score (nSPS) is 16.3. The molecule has 0 unspecified atom stereocenters. The molecule has 0 spiro atoms. The zero-order valence-corrected chi connectivity index (χ0v) is 68.5. The van der Waals surface area contributed by atoms with Crippen molar-refractivity contribution in [2.24, 2.45) is 11.6 Å². The van der Waals surface area contributed by atoms with Gasteiger partial charge in [-0.3, -0.25) is 24.4 Å². The number of amides is 3. The van der Waals surface area contributed by atoms with E-state index in [2.05, 4.69) is 96.4 Å². The number of benzene rings is 3. The molecule has 11 rings (SSSR count). The number of hydrazine groups is 1. The Labute approximate surface area is 653 Å². The third-order valence-electron chi connectivity index (χ3n) is 16.8. The van der Waals surface area contributed by atoms with Crippen LogP contribution in [0.2, 0.25) is 15.1 Å². The summed E-state index contributed by atoms with van der Waals surface area (Å²) in [6.45, 7) is 33.5. The molecule has 3 fully saturated rings. The first-order valence-corrected chi connectivity index (χ1v) is 39.9. The lowest BCUT2D eigenvalue weighted by molar-refractivity contribution is 0.0280. The summed E-state index contributed by atoms with van der Waals surface area (Å²) in [6, 6.07) is 24.6. The molecule has 108 heavy (non-hydrogen) atoms. The molecule has 36 heteroatoms. The van der Waals surface area contributed by atoms with Crippen molar-refractivity contribution in [1.82, 2.24) is 65.0 Å². The number of rotatable bonds is 14. The lowest BCUT2D eigenvalue weighted by atomic mass is 9.87. The average Bonchev–Trinajstić information content (AvgIpc) is 1.51. The summed E-state index contributed by atoms with van der Waals surface area (Å²) in [7, 11) is -11.7. The van der Waals surface area contributed by atoms with Crippen molar-refractivity contribution in [2.75, 3.05) is 53.4 Å². The highest BCUT2D eigenvalue weighted by atomic mass is 35.5. The molecular weight excluding hydrogens is 1530 g/mol. The maximum absolute atomic E-state index is 13.3. The van der Waals surface area contributed by atoms with Crippen LogP contribution in [-0.4, -0.2) is 154 Å². The number of carbonyl (C=O) groups is 3. The van der Waals surface area contributed by atoms with Crippen molar-refractivity contribution in [3.05, 3.63) is 160 Å². The monoisotopic (exact) mass is 1620 g/mol. The summed E-state index contributed by atoms with van der Waals surface area (Å²) in [5.74, 6) is 5.21. The molecule has 3 aliphatic rings. The lowest BCUT2D eigenvalue weighted by Gasteiger charge is -2.24. The highest BCUT2D eigenvalue weighted by Crippen LogP contribution is 2.36. The molecule has 3 aliphatic heterocycles. The number of hydrogen-bond donors (Lipinski definition) is 7. The SMILES string of the molecule is CC(C)(C)OC(=O)N1CC[C@H](N)C1.CC(C)(C)OC(=O)N1CC[C@H](n2cnnc2-c2ncc(Cl)cc2NS(=O)(=O)c2ccc(C(C)(C)C)cc2)C1.CC(C)(C)c1ccc(S(=O)(=O)Nc2cc(Cl)cnc2-c2nncn2[C@H]2CCNC2)cc1.CC(C)(C)c1ccc(S(=O)(=O)Nc2cc(Cl)cnc2C(=O)NN)cc1.Cl. The average molecular weight is 1630 g/mol. The van der Waals surface area contributed by atoms with Crippen LogP contribution >= 0.6 is 47.2 Å². The van der Waals surface area contributed by atoms with E-state index in [0.29, 0.717) is 48.4 Å². The minimum Gasteiger partial charge on any atom is -0.444 e. The van der Waals surface area contributed by atoms with Gasteiger partial charge in [0.15, 0.2) is 17.3 Å². The molecular formula is C72H96Cl4N18O11S3. The number of ether oxygens (including phenoxy) is 2. The highest BCUT2D eigenvalue weighted by Gasteiger charge is 2.35. The predicted molar refractivity (Wildman–Crippen MR) is 421 cm³/mol. The largest absolute Gasteiger partial charge is 0.444 e. The quantitative estimate of drug-likeness (QED) is 0.0302. The van der Waals surface area contributed by atoms with E-state index in [1.54, 1.807) is 75.6 Å². The third-order valence-corrected chi connectivity index (χ3v) is 21.6. The number of nitrogens with zero attached hydrogens (tertiary/aromatic N) is 11. The van der Waals surface area contributed by atoms with E-state index in [0.717, 1.165) is 49.2 Å². The summed E-state index contributed by atoms with van der Waals surface area (Å²) in [5.41, 5.74) is 10.2. The fourth-order valence-electron chi connectivity index (χ4n) is 11.1. The van der Waals surface area contributed by atoms with Gasteiger partial charge in [0.2, 0.25) is 0 Å². The Balaban J connectivity index is 0.000000211. The second-order valence-corrected chi connectivity index (χ2v) is 37.2. The van der Waals surface area contributed by atoms with Gasteiger partial charge in [0.25, 0.3) is 36.0 Å². The Bertz CT molecular complexity index is 4810. The van der Waals surface area contributed by atoms with Crippen molar-refractivity contribution < 1.29 is 49.1 Å². The molecule has 3 aromatic carbocycles. The number of halogens is 4. The number of aromatic nitrogens is 9. The van der Waals surface area contributed by atoms with Crippen molar-refractivity contribution in [1.29, 1.82) is 0 Å². The fourth-order valence-corrected chi connectivity index (χ4v) is 14.8. The van der Waals surface area contributed by atoms with Gasteiger partial charge in [0.05, 0.1) is 58.9 Å². The van der Waals surface area contributed by atoms with Crippen LogP contribution in [0.25, 0.3) is 23.0 Å². The number of hydrogen-bond acceptors (Lipinski definition) is 21. The molecule has 0 saturated carbocycles. The standard InChI is InChI=1S/C26H33ClN6O4S.C21H25ClN6O2S.C16H19ClN4O3S.C9H18N2O2.ClH/c1-25(2,3)17-7-9-20(10-8-17)38(35,36)31-21-13-18(27)14-28-22(21)23-30-29-16-33(23)19-11-12-32(15-19)24(34)37-26(4,5)6;1-21(2,3)14-4-6-17(7-5-14)31(29,30)27-18-10-15(22)11-24-19(18)20-26-25-13-28(20)16-8-9-23-12-16;1-16(2,3)10-4-6-12(7-5-10)25(23,24)21-13-8-11(17)9-19-14(13)15(22)20-18;1-9(2,3)13-8(12)11-5-4-7(10)6-11;/h7-10,13-14,16,19,31H,11-12,15H2,1-6H3;4-7,10-11,13,16,23,27H,8-9,12H2,1-3H3;4-9,21H,18H2,1-3H3,(H,20,22);7H,4-6,10H2,1-3H3;1H/t19-;16-;;7-;/m00.0./s1. The van der Waals surface area contributed by atoms with E-state index in [1.807, 2.05) is 84.4 Å². The molecule has 3 saturated heterocycles. The van der Waals surface area contributed by atoms with Gasteiger partial charge in [-0.1, -0.05) is 134 Å². The lowest BCUT2D eigenvalue weighted by Crippen LogP contribution is -2.36. The van der Waals surface area contributed by atoms with Crippen LogP contribution in [0.15, 0.2) is 137 Å². The maximum atomic E-state index is 13.3. The Morgan fingerprint density at radius 3 is 1.22 bits per heavy atom. The summed E-state index contributed by atoms with van der Waals surface area (Å²) in [5, 5.41) is 20.6. The number of nitrogens with one attached hydrogen (secondary N) is 5. The molecule has 586 valence electrons. The van der Waals surface area contributed by atoms with E-state index >= 15 is 0 Å². The number of carbonyl (C=O) groups excluding carboxylic acids is 3. The zero-order chi connectivity index (χ0) is 79.0. The van der Waals surface area contributed by atoms with Crippen molar-refractivity contribution in [2.45, 2.75) is 183 Å². The highest BCUT2D eigenvalue weighted by molar-refractivity contribution is 7.93. The first kappa shape index (κ1) is 86.9. The number of nitrogens with two attached hydrogens (primary N) is 2. The fraction of sp³-hybridized carbons (Fsp3) is 0.444. The van der Waals surface area contributed by atoms with Crippen molar-refractivity contribution in [3.63, 3.8) is 0 Å². The third kappa shape index (κ3) is 23.6. The molecule has 9 N–H and O–H groups in total.